The lowest BCUT2D eigenvalue weighted by molar-refractivity contribution is 0.0956. The molecule has 6 heteroatoms. The van der Waals surface area contributed by atoms with E-state index < -0.39 is 0 Å². The molecule has 0 bridgehead atoms. The summed E-state index contributed by atoms with van der Waals surface area (Å²) in [5.41, 5.74) is 10.8. The van der Waals surface area contributed by atoms with Crippen LogP contribution in [0.15, 0.2) is 36.5 Å². The zero-order chi connectivity index (χ0) is 16.9. The summed E-state index contributed by atoms with van der Waals surface area (Å²) in [4.78, 5) is 18.7. The van der Waals surface area contributed by atoms with Crippen molar-refractivity contribution < 1.29 is 4.79 Å². The van der Waals surface area contributed by atoms with Crippen molar-refractivity contribution in [3.05, 3.63) is 58.9 Å². The Morgan fingerprint density at radius 2 is 2.12 bits per heavy atom. The summed E-state index contributed by atoms with van der Waals surface area (Å²) in [6, 6.07) is 9.80. The number of nitrogens with one attached hydrogen (secondary N) is 1. The fourth-order valence-electron chi connectivity index (χ4n) is 2.93. The molecule has 0 spiro atoms. The van der Waals surface area contributed by atoms with E-state index >= 15 is 0 Å². The van der Waals surface area contributed by atoms with Crippen LogP contribution < -0.4 is 11.1 Å². The average Bonchev–Trinajstić information content (AvgIpc) is 2.60. The van der Waals surface area contributed by atoms with Crippen LogP contribution in [0.2, 0.25) is 0 Å². The first-order valence-corrected chi connectivity index (χ1v) is 8.72. The van der Waals surface area contributed by atoms with Crippen LogP contribution in [0.25, 0.3) is 0 Å². The van der Waals surface area contributed by atoms with Gasteiger partial charge in [0.25, 0.3) is 5.91 Å². The summed E-state index contributed by atoms with van der Waals surface area (Å²) in [5.74, 6) is 0.587. The van der Waals surface area contributed by atoms with Gasteiger partial charge in [-0.15, -0.1) is 0 Å². The van der Waals surface area contributed by atoms with E-state index in [0.29, 0.717) is 23.5 Å². The normalized spacial score (nSPS) is 14.2. The Labute approximate surface area is 147 Å². The molecule has 0 saturated carbocycles. The van der Waals surface area contributed by atoms with Gasteiger partial charge in [0.05, 0.1) is 11.9 Å². The predicted octanol–water partition coefficient (Wildman–Crippen LogP) is 1.88. The van der Waals surface area contributed by atoms with Gasteiger partial charge in [-0.25, -0.2) is 0 Å². The molecule has 0 atom stereocenters. The molecule has 0 unspecified atom stereocenters. The highest BCUT2D eigenvalue weighted by atomic mass is 32.1. The molecule has 3 N–H and O–H groups in total. The summed E-state index contributed by atoms with van der Waals surface area (Å²) < 4.78 is 0. The summed E-state index contributed by atoms with van der Waals surface area (Å²) in [7, 11) is 0. The second kappa shape index (κ2) is 7.68. The minimum absolute atomic E-state index is 0.0518. The van der Waals surface area contributed by atoms with Gasteiger partial charge in [-0.3, -0.25) is 14.7 Å². The van der Waals surface area contributed by atoms with Gasteiger partial charge in [0.15, 0.2) is 0 Å². The molecule has 0 aliphatic carbocycles. The largest absolute Gasteiger partial charge is 0.397 e. The Hall–Kier alpha value is -2.05. The van der Waals surface area contributed by atoms with Gasteiger partial charge < -0.3 is 11.1 Å². The van der Waals surface area contributed by atoms with Gasteiger partial charge in [0.2, 0.25) is 0 Å². The number of hydrogen-bond donors (Lipinski definition) is 3. The van der Waals surface area contributed by atoms with Crippen molar-refractivity contribution in [3.63, 3.8) is 0 Å². The van der Waals surface area contributed by atoms with Crippen LogP contribution >= 0.6 is 12.6 Å². The highest BCUT2D eigenvalue weighted by Crippen LogP contribution is 2.20. The maximum absolute atomic E-state index is 11.9. The minimum atomic E-state index is -0.0518. The molecule has 0 saturated heterocycles. The third kappa shape index (κ3) is 4.07. The number of nitrogen functional groups attached to an aromatic ring is 1. The van der Waals surface area contributed by atoms with Crippen molar-refractivity contribution in [3.8, 4) is 0 Å². The molecule has 1 amide bonds. The molecule has 126 valence electrons. The van der Waals surface area contributed by atoms with Crippen LogP contribution in [0.1, 0.15) is 27.2 Å². The van der Waals surface area contributed by atoms with E-state index in [-0.39, 0.29) is 5.91 Å². The molecule has 1 aliphatic rings. The first kappa shape index (κ1) is 16.8. The lowest BCUT2D eigenvalue weighted by Crippen LogP contribution is -2.30. The smallest absolute Gasteiger partial charge is 0.251 e. The van der Waals surface area contributed by atoms with Gasteiger partial charge in [0, 0.05) is 49.6 Å². The third-order valence-electron chi connectivity index (χ3n) is 4.16. The zero-order valence-electron chi connectivity index (χ0n) is 13.5. The number of nitrogens with two attached hydrogens (primary N) is 1. The lowest BCUT2D eigenvalue weighted by atomic mass is 10.0. The Morgan fingerprint density at radius 1 is 1.33 bits per heavy atom. The molecule has 1 aromatic heterocycles. The van der Waals surface area contributed by atoms with Crippen molar-refractivity contribution in [2.24, 2.45) is 0 Å². The summed E-state index contributed by atoms with van der Waals surface area (Å²) in [6.45, 7) is 3.27. The van der Waals surface area contributed by atoms with Crippen LogP contribution in [-0.2, 0) is 19.5 Å². The first-order chi connectivity index (χ1) is 11.7. The standard InChI is InChI=1S/C18H22N4OS/c19-16-9-15-12-22(7-5-17(15)21-10-16)11-13-1-3-14(4-2-13)18(23)20-6-8-24/h1-4,9-10,24H,5-8,11-12,19H2,(H,20,23). The van der Waals surface area contributed by atoms with Gasteiger partial charge in [-0.2, -0.15) is 12.6 Å². The number of nitrogens with zero attached hydrogens (tertiary/aromatic N) is 2. The summed E-state index contributed by atoms with van der Waals surface area (Å²) in [5, 5.41) is 2.82. The molecule has 0 fully saturated rings. The van der Waals surface area contributed by atoms with E-state index in [1.807, 2.05) is 30.3 Å². The molecule has 3 rings (SSSR count). The van der Waals surface area contributed by atoms with E-state index in [0.717, 1.165) is 31.7 Å². The Kier molecular flexibility index (Phi) is 5.37. The van der Waals surface area contributed by atoms with Crippen molar-refractivity contribution in [1.82, 2.24) is 15.2 Å². The van der Waals surface area contributed by atoms with Gasteiger partial charge in [0.1, 0.15) is 0 Å². The van der Waals surface area contributed by atoms with Crippen LogP contribution in [-0.4, -0.2) is 34.6 Å². The molecule has 24 heavy (non-hydrogen) atoms. The molecular weight excluding hydrogens is 320 g/mol. The SMILES string of the molecule is Nc1cnc2c(c1)CN(Cc1ccc(C(=O)NCCS)cc1)CC2. The number of carbonyl (C=O) groups excluding carboxylic acids is 1. The number of aromatic nitrogens is 1. The van der Waals surface area contributed by atoms with Crippen LogP contribution in [0, 0.1) is 0 Å². The number of fused-ring (bicyclic) bond motifs is 1. The number of carbonyl (C=O) groups is 1. The molecule has 0 radical (unpaired) electrons. The molecule has 1 aromatic carbocycles. The van der Waals surface area contributed by atoms with Gasteiger partial charge in [-0.05, 0) is 29.3 Å². The number of benzene rings is 1. The van der Waals surface area contributed by atoms with Crippen molar-refractivity contribution in [2.75, 3.05) is 24.6 Å². The Morgan fingerprint density at radius 3 is 2.88 bits per heavy atom. The topological polar surface area (TPSA) is 71.2 Å². The highest BCUT2D eigenvalue weighted by Gasteiger charge is 2.17. The van der Waals surface area contributed by atoms with E-state index in [2.05, 4.69) is 27.8 Å². The van der Waals surface area contributed by atoms with E-state index in [9.17, 15) is 4.79 Å². The van der Waals surface area contributed by atoms with Crippen LogP contribution in [0.3, 0.4) is 0 Å². The molecule has 2 heterocycles. The van der Waals surface area contributed by atoms with Gasteiger partial charge >= 0.3 is 0 Å². The van der Waals surface area contributed by atoms with Crippen molar-refractivity contribution in [2.45, 2.75) is 19.5 Å². The number of amides is 1. The zero-order valence-corrected chi connectivity index (χ0v) is 14.4. The lowest BCUT2D eigenvalue weighted by Gasteiger charge is -2.28. The maximum Gasteiger partial charge on any atom is 0.251 e. The first-order valence-electron chi connectivity index (χ1n) is 8.09. The van der Waals surface area contributed by atoms with Crippen LogP contribution in [0.4, 0.5) is 5.69 Å². The van der Waals surface area contributed by atoms with E-state index in [1.54, 1.807) is 6.20 Å². The fraction of sp³-hybridized carbons (Fsp3) is 0.333. The average molecular weight is 342 g/mol. The summed E-state index contributed by atoms with van der Waals surface area (Å²) in [6.07, 6.45) is 2.67. The second-order valence-electron chi connectivity index (χ2n) is 6.01. The molecular formula is C18H22N4OS. The Bertz CT molecular complexity index is 717. The number of hydrogen-bond acceptors (Lipinski definition) is 5. The number of thiol groups is 1. The monoisotopic (exact) mass is 342 g/mol. The van der Waals surface area contributed by atoms with Gasteiger partial charge in [-0.1, -0.05) is 12.1 Å². The minimum Gasteiger partial charge on any atom is -0.397 e. The van der Waals surface area contributed by atoms with E-state index in [4.69, 9.17) is 5.73 Å². The Balaban J connectivity index is 1.61. The number of pyridine rings is 1. The van der Waals surface area contributed by atoms with E-state index in [1.165, 1.54) is 11.1 Å². The molecule has 5 nitrogen and oxygen atoms in total. The second-order valence-corrected chi connectivity index (χ2v) is 6.46. The van der Waals surface area contributed by atoms with Crippen LogP contribution in [0.5, 0.6) is 0 Å². The number of anilines is 1. The summed E-state index contributed by atoms with van der Waals surface area (Å²) >= 11 is 4.09. The quantitative estimate of drug-likeness (QED) is 0.726. The van der Waals surface area contributed by atoms with Crippen molar-refractivity contribution in [1.29, 1.82) is 0 Å². The molecule has 2 aromatic rings. The third-order valence-corrected chi connectivity index (χ3v) is 4.38. The van der Waals surface area contributed by atoms with Crippen molar-refractivity contribution >= 4 is 24.2 Å². The highest BCUT2D eigenvalue weighted by molar-refractivity contribution is 7.80. The predicted molar refractivity (Wildman–Crippen MR) is 99.1 cm³/mol. The maximum atomic E-state index is 11.9. The fourth-order valence-corrected chi connectivity index (χ4v) is 3.04. The molecule has 1 aliphatic heterocycles. The number of rotatable bonds is 5.